The van der Waals surface area contributed by atoms with Crippen LogP contribution in [0.1, 0.15) is 56.2 Å². The number of anilines is 2. The number of benzene rings is 3. The standard InChI is InChI=1S/C38H38N2O6/c1-4-21-10-14-23(15-11-21)39-35(42)27-19-18-25-28(32(27)37(39)44)20-29-33(31(25)26-8-7-9-30(34(26)41)46-6-3)38(45)40(36(29)43)24-16-12-22(5-2)13-17-24/h7-18,27-29,31-33,41H,4-6,19-20H2,1-3H3/t27-,28+,29+,31+,32-,33+/m0/s1. The molecule has 3 aromatic rings. The van der Waals surface area contributed by atoms with Gasteiger partial charge in [0.15, 0.2) is 11.5 Å². The molecule has 0 bridgehead atoms. The number of rotatable bonds is 7. The number of hydrogen-bond acceptors (Lipinski definition) is 6. The quantitative estimate of drug-likeness (QED) is 0.259. The molecule has 0 aromatic heterocycles. The number of para-hydroxylation sites is 1. The van der Waals surface area contributed by atoms with Gasteiger partial charge in [-0.1, -0.05) is 61.9 Å². The van der Waals surface area contributed by atoms with Gasteiger partial charge in [-0.3, -0.25) is 29.0 Å². The summed E-state index contributed by atoms with van der Waals surface area (Å²) >= 11 is 0. The van der Waals surface area contributed by atoms with Crippen LogP contribution < -0.4 is 14.5 Å². The molecule has 46 heavy (non-hydrogen) atoms. The van der Waals surface area contributed by atoms with Gasteiger partial charge in [-0.25, -0.2) is 0 Å². The molecule has 2 saturated heterocycles. The summed E-state index contributed by atoms with van der Waals surface area (Å²) in [4.78, 5) is 59.2. The molecule has 0 spiro atoms. The van der Waals surface area contributed by atoms with Crippen molar-refractivity contribution in [1.29, 1.82) is 0 Å². The van der Waals surface area contributed by atoms with E-state index in [1.807, 2.05) is 63.2 Å². The minimum Gasteiger partial charge on any atom is -0.504 e. The first-order valence-electron chi connectivity index (χ1n) is 16.4. The van der Waals surface area contributed by atoms with Gasteiger partial charge in [-0.2, -0.15) is 0 Å². The number of nitrogens with zero attached hydrogens (tertiary/aromatic N) is 2. The van der Waals surface area contributed by atoms with E-state index in [1.54, 1.807) is 30.3 Å². The Balaban J connectivity index is 1.33. The minimum atomic E-state index is -0.773. The number of allylic oxidation sites excluding steroid dienone is 2. The Hall–Kier alpha value is -4.72. The third-order valence-corrected chi connectivity index (χ3v) is 10.5. The fourth-order valence-electron chi connectivity index (χ4n) is 8.27. The first-order chi connectivity index (χ1) is 22.3. The molecule has 1 N–H and O–H groups in total. The number of imide groups is 2. The smallest absolute Gasteiger partial charge is 0.238 e. The highest BCUT2D eigenvalue weighted by Gasteiger charge is 2.62. The van der Waals surface area contributed by atoms with Crippen LogP contribution in [-0.2, 0) is 32.0 Å². The van der Waals surface area contributed by atoms with Gasteiger partial charge in [0, 0.05) is 11.5 Å². The molecule has 8 nitrogen and oxygen atoms in total. The summed E-state index contributed by atoms with van der Waals surface area (Å²) in [7, 11) is 0. The Bertz CT molecular complexity index is 1760. The number of carbonyl (C=O) groups excluding carboxylic acids is 4. The molecule has 4 amide bonds. The van der Waals surface area contributed by atoms with Crippen LogP contribution in [-0.4, -0.2) is 35.3 Å². The predicted octanol–water partition coefficient (Wildman–Crippen LogP) is 5.96. The van der Waals surface area contributed by atoms with Crippen molar-refractivity contribution in [3.05, 3.63) is 95.1 Å². The summed E-state index contributed by atoms with van der Waals surface area (Å²) in [5.41, 5.74) is 4.58. The number of phenols is 1. The highest BCUT2D eigenvalue weighted by molar-refractivity contribution is 6.24. The molecule has 3 fully saturated rings. The summed E-state index contributed by atoms with van der Waals surface area (Å²) in [5.74, 6) is -4.75. The summed E-state index contributed by atoms with van der Waals surface area (Å²) < 4.78 is 5.72. The minimum absolute atomic E-state index is 0.0748. The number of amides is 4. The fraction of sp³-hybridized carbons (Fsp3) is 0.368. The van der Waals surface area contributed by atoms with Crippen molar-refractivity contribution >= 4 is 35.0 Å². The van der Waals surface area contributed by atoms with Crippen molar-refractivity contribution in [3.8, 4) is 11.5 Å². The lowest BCUT2D eigenvalue weighted by Crippen LogP contribution is -2.43. The molecule has 8 heteroatoms. The van der Waals surface area contributed by atoms with Gasteiger partial charge in [-0.05, 0) is 80.0 Å². The van der Waals surface area contributed by atoms with Gasteiger partial charge in [0.25, 0.3) is 0 Å². The zero-order valence-corrected chi connectivity index (χ0v) is 26.3. The number of phenolic OH excluding ortho intramolecular Hbond substituents is 1. The highest BCUT2D eigenvalue weighted by atomic mass is 16.5. The molecular formula is C38H38N2O6. The van der Waals surface area contributed by atoms with Gasteiger partial charge in [0.2, 0.25) is 23.6 Å². The molecule has 6 atom stereocenters. The number of ether oxygens (including phenoxy) is 1. The second-order valence-electron chi connectivity index (χ2n) is 12.7. The molecular weight excluding hydrogens is 580 g/mol. The summed E-state index contributed by atoms with van der Waals surface area (Å²) in [6, 6.07) is 20.2. The van der Waals surface area contributed by atoms with Crippen LogP contribution in [0, 0.1) is 29.6 Å². The van der Waals surface area contributed by atoms with E-state index in [1.165, 1.54) is 9.80 Å². The molecule has 7 rings (SSSR count). The monoisotopic (exact) mass is 618 g/mol. The van der Waals surface area contributed by atoms with E-state index in [2.05, 4.69) is 0 Å². The number of aromatic hydroxyl groups is 1. The van der Waals surface area contributed by atoms with Crippen molar-refractivity contribution in [2.75, 3.05) is 16.4 Å². The third kappa shape index (κ3) is 4.49. The van der Waals surface area contributed by atoms with Crippen molar-refractivity contribution in [3.63, 3.8) is 0 Å². The number of carbonyl (C=O) groups is 4. The maximum absolute atomic E-state index is 14.4. The molecule has 2 aliphatic carbocycles. The van der Waals surface area contributed by atoms with Gasteiger partial charge in [0.05, 0.1) is 41.7 Å². The predicted molar refractivity (Wildman–Crippen MR) is 173 cm³/mol. The number of fused-ring (bicyclic) bond motifs is 4. The van der Waals surface area contributed by atoms with E-state index in [-0.39, 0.29) is 35.8 Å². The zero-order chi connectivity index (χ0) is 32.3. The van der Waals surface area contributed by atoms with Crippen LogP contribution in [0.25, 0.3) is 0 Å². The number of hydrogen-bond donors (Lipinski definition) is 1. The zero-order valence-electron chi connectivity index (χ0n) is 26.3. The largest absolute Gasteiger partial charge is 0.504 e. The molecule has 2 aliphatic heterocycles. The fourth-order valence-corrected chi connectivity index (χ4v) is 8.27. The Morgan fingerprint density at radius 1 is 0.696 bits per heavy atom. The molecule has 0 unspecified atom stereocenters. The topological polar surface area (TPSA) is 104 Å². The van der Waals surface area contributed by atoms with E-state index < -0.39 is 35.5 Å². The third-order valence-electron chi connectivity index (χ3n) is 10.5. The summed E-state index contributed by atoms with van der Waals surface area (Å²) in [5, 5.41) is 11.5. The Morgan fingerprint density at radius 3 is 1.83 bits per heavy atom. The maximum atomic E-state index is 14.4. The lowest BCUT2D eigenvalue weighted by Gasteiger charge is -2.44. The Morgan fingerprint density at radius 2 is 1.26 bits per heavy atom. The van der Waals surface area contributed by atoms with Crippen LogP contribution in [0.3, 0.4) is 0 Å². The average Bonchev–Trinajstić information content (AvgIpc) is 3.48. The molecule has 236 valence electrons. The Kier molecular flexibility index (Phi) is 7.54. The van der Waals surface area contributed by atoms with E-state index in [0.29, 0.717) is 35.7 Å². The van der Waals surface area contributed by atoms with E-state index >= 15 is 0 Å². The summed E-state index contributed by atoms with van der Waals surface area (Å²) in [6.45, 7) is 6.26. The molecule has 1 saturated carbocycles. The van der Waals surface area contributed by atoms with Gasteiger partial charge in [0.1, 0.15) is 0 Å². The SMILES string of the molecule is CCOc1cccc([C@H]2C3=CC[C@@H]4C(=O)N(c5ccc(CC)cc5)C(=O)[C@@H]4[C@@H]3C[C@H]3C(=O)N(c4ccc(CC)cc4)C(=O)[C@@H]23)c1O. The van der Waals surface area contributed by atoms with Crippen molar-refractivity contribution in [1.82, 2.24) is 0 Å². The van der Waals surface area contributed by atoms with Crippen LogP contribution >= 0.6 is 0 Å². The first-order valence-corrected chi connectivity index (χ1v) is 16.4. The molecule has 0 radical (unpaired) electrons. The second-order valence-corrected chi connectivity index (χ2v) is 12.7. The maximum Gasteiger partial charge on any atom is 0.238 e. The summed E-state index contributed by atoms with van der Waals surface area (Å²) in [6.07, 6.45) is 4.28. The first kappa shape index (κ1) is 30.0. The van der Waals surface area contributed by atoms with Crippen molar-refractivity contribution in [2.45, 2.75) is 52.4 Å². The van der Waals surface area contributed by atoms with E-state index in [0.717, 1.165) is 29.5 Å². The molecule has 4 aliphatic rings. The normalized spacial score (nSPS) is 27.0. The van der Waals surface area contributed by atoms with Crippen molar-refractivity contribution < 1.29 is 29.0 Å². The van der Waals surface area contributed by atoms with E-state index in [4.69, 9.17) is 4.74 Å². The van der Waals surface area contributed by atoms with Crippen LogP contribution in [0.15, 0.2) is 78.4 Å². The second kappa shape index (κ2) is 11.6. The molecule has 3 aromatic carbocycles. The number of aryl methyl sites for hydroxylation is 2. The van der Waals surface area contributed by atoms with E-state index in [9.17, 15) is 24.3 Å². The van der Waals surface area contributed by atoms with Gasteiger partial charge < -0.3 is 9.84 Å². The van der Waals surface area contributed by atoms with Crippen LogP contribution in [0.2, 0.25) is 0 Å². The molecule has 2 heterocycles. The lowest BCUT2D eigenvalue weighted by atomic mass is 9.57. The van der Waals surface area contributed by atoms with Crippen molar-refractivity contribution in [2.24, 2.45) is 29.6 Å². The average molecular weight is 619 g/mol. The Labute approximate surface area is 268 Å². The van der Waals surface area contributed by atoms with Gasteiger partial charge >= 0.3 is 0 Å². The van der Waals surface area contributed by atoms with Gasteiger partial charge in [-0.15, -0.1) is 0 Å². The highest BCUT2D eigenvalue weighted by Crippen LogP contribution is 2.59. The van der Waals surface area contributed by atoms with Crippen LogP contribution in [0.5, 0.6) is 11.5 Å². The van der Waals surface area contributed by atoms with Crippen LogP contribution in [0.4, 0.5) is 11.4 Å². The lowest BCUT2D eigenvalue weighted by molar-refractivity contribution is -0.126.